The first kappa shape index (κ1) is 15.8. The van der Waals surface area contributed by atoms with Gasteiger partial charge in [-0.1, -0.05) is 0 Å². The molecule has 0 atom stereocenters. The molecule has 1 heterocycles. The monoisotopic (exact) mass is 320 g/mol. The molecule has 0 bridgehead atoms. The molecular formula is C15H16N2O4S. The van der Waals surface area contributed by atoms with Crippen LogP contribution in [0.15, 0.2) is 41.0 Å². The van der Waals surface area contributed by atoms with Crippen LogP contribution in [0.3, 0.4) is 0 Å². The van der Waals surface area contributed by atoms with Crippen LogP contribution in [0.4, 0.5) is 0 Å². The lowest BCUT2D eigenvalue weighted by Gasteiger charge is -2.12. The number of ether oxygens (including phenoxy) is 2. The molecule has 22 heavy (non-hydrogen) atoms. The molecule has 6 nitrogen and oxygen atoms in total. The van der Waals surface area contributed by atoms with Crippen LogP contribution >= 0.6 is 12.2 Å². The lowest BCUT2D eigenvalue weighted by atomic mass is 10.2. The van der Waals surface area contributed by atoms with Crippen molar-refractivity contribution in [2.75, 3.05) is 14.2 Å². The predicted molar refractivity (Wildman–Crippen MR) is 85.2 cm³/mol. The quantitative estimate of drug-likeness (QED) is 0.822. The molecule has 0 aliphatic heterocycles. The van der Waals surface area contributed by atoms with Crippen molar-refractivity contribution in [1.82, 2.24) is 10.6 Å². The first-order valence-electron chi connectivity index (χ1n) is 6.47. The van der Waals surface area contributed by atoms with Gasteiger partial charge in [0.25, 0.3) is 5.91 Å². The fraction of sp³-hybridized carbons (Fsp3) is 0.200. The number of furan rings is 1. The van der Waals surface area contributed by atoms with Crippen LogP contribution in [-0.2, 0) is 6.54 Å². The molecule has 116 valence electrons. The number of benzene rings is 1. The molecule has 0 aliphatic carbocycles. The van der Waals surface area contributed by atoms with Crippen LogP contribution in [0, 0.1) is 0 Å². The molecule has 2 aromatic rings. The van der Waals surface area contributed by atoms with Gasteiger partial charge < -0.3 is 19.2 Å². The second-order valence-corrected chi connectivity index (χ2v) is 4.69. The summed E-state index contributed by atoms with van der Waals surface area (Å²) in [4.78, 5) is 12.2. The minimum Gasteiger partial charge on any atom is -0.497 e. The summed E-state index contributed by atoms with van der Waals surface area (Å²) in [6, 6.07) is 8.51. The molecule has 0 unspecified atom stereocenters. The molecule has 1 amide bonds. The lowest BCUT2D eigenvalue weighted by Crippen LogP contribution is -2.38. The zero-order valence-electron chi connectivity index (χ0n) is 12.2. The van der Waals surface area contributed by atoms with E-state index in [9.17, 15) is 4.79 Å². The highest BCUT2D eigenvalue weighted by atomic mass is 32.1. The van der Waals surface area contributed by atoms with E-state index in [0.29, 0.717) is 23.6 Å². The molecule has 1 aromatic heterocycles. The Kier molecular flexibility index (Phi) is 5.37. The van der Waals surface area contributed by atoms with Gasteiger partial charge in [-0.25, -0.2) is 0 Å². The van der Waals surface area contributed by atoms with Gasteiger partial charge in [-0.05, 0) is 36.5 Å². The van der Waals surface area contributed by atoms with Crippen molar-refractivity contribution in [3.63, 3.8) is 0 Å². The van der Waals surface area contributed by atoms with Crippen LogP contribution in [0.25, 0.3) is 0 Å². The molecule has 0 aliphatic rings. The van der Waals surface area contributed by atoms with Gasteiger partial charge in [-0.2, -0.15) is 0 Å². The van der Waals surface area contributed by atoms with E-state index in [1.54, 1.807) is 37.6 Å². The third-order valence-electron chi connectivity index (χ3n) is 2.88. The van der Waals surface area contributed by atoms with Gasteiger partial charge in [-0.3, -0.25) is 10.1 Å². The summed E-state index contributed by atoms with van der Waals surface area (Å²) < 4.78 is 15.4. The zero-order chi connectivity index (χ0) is 15.9. The number of hydrogen-bond acceptors (Lipinski definition) is 5. The number of methoxy groups -OCH3 is 2. The van der Waals surface area contributed by atoms with Crippen molar-refractivity contribution in [1.29, 1.82) is 0 Å². The normalized spacial score (nSPS) is 9.91. The molecular weight excluding hydrogens is 304 g/mol. The second-order valence-electron chi connectivity index (χ2n) is 4.28. The molecule has 2 N–H and O–H groups in total. The van der Waals surface area contributed by atoms with Crippen molar-refractivity contribution < 1.29 is 18.7 Å². The summed E-state index contributed by atoms with van der Waals surface area (Å²) in [6.07, 6.45) is 1.57. The minimum atomic E-state index is -0.364. The van der Waals surface area contributed by atoms with Gasteiger partial charge in [-0.15, -0.1) is 0 Å². The van der Waals surface area contributed by atoms with E-state index in [4.69, 9.17) is 26.1 Å². The van der Waals surface area contributed by atoms with E-state index in [0.717, 1.165) is 5.76 Å². The van der Waals surface area contributed by atoms with Crippen LogP contribution in [0.2, 0.25) is 0 Å². The van der Waals surface area contributed by atoms with Crippen molar-refractivity contribution in [3.8, 4) is 11.5 Å². The first-order chi connectivity index (χ1) is 10.6. The van der Waals surface area contributed by atoms with E-state index in [1.807, 2.05) is 6.07 Å². The molecule has 0 saturated heterocycles. The van der Waals surface area contributed by atoms with E-state index < -0.39 is 0 Å². The van der Waals surface area contributed by atoms with Gasteiger partial charge in [0.15, 0.2) is 5.11 Å². The standard InChI is InChI=1S/C15H16N2O4S/c1-19-10-5-6-12(13(8-10)20-2)14(18)17-15(22)16-9-11-4-3-7-21-11/h3-8H,9H2,1-2H3,(H2,16,17,18,22). The van der Waals surface area contributed by atoms with Crippen molar-refractivity contribution in [2.24, 2.45) is 0 Å². The molecule has 7 heteroatoms. The second kappa shape index (κ2) is 7.46. The van der Waals surface area contributed by atoms with Gasteiger partial charge >= 0.3 is 0 Å². The highest BCUT2D eigenvalue weighted by Crippen LogP contribution is 2.24. The number of rotatable bonds is 5. The predicted octanol–water partition coefficient (Wildman–Crippen LogP) is 2.10. The topological polar surface area (TPSA) is 72.7 Å². The van der Waals surface area contributed by atoms with E-state index in [-0.39, 0.29) is 11.0 Å². The number of carbonyl (C=O) groups is 1. The van der Waals surface area contributed by atoms with Gasteiger partial charge in [0.2, 0.25) is 0 Å². The molecule has 0 spiro atoms. The van der Waals surface area contributed by atoms with Gasteiger partial charge in [0.1, 0.15) is 17.3 Å². The summed E-state index contributed by atoms with van der Waals surface area (Å²) in [5.41, 5.74) is 0.366. The van der Waals surface area contributed by atoms with E-state index >= 15 is 0 Å². The van der Waals surface area contributed by atoms with Crippen molar-refractivity contribution in [3.05, 3.63) is 47.9 Å². The Labute approximate surface area is 133 Å². The summed E-state index contributed by atoms with van der Waals surface area (Å²) in [5, 5.41) is 5.68. The molecule has 0 fully saturated rings. The smallest absolute Gasteiger partial charge is 0.261 e. The number of amides is 1. The number of nitrogens with one attached hydrogen (secondary N) is 2. The Morgan fingerprint density at radius 3 is 2.73 bits per heavy atom. The maximum atomic E-state index is 12.2. The Hall–Kier alpha value is -2.54. The van der Waals surface area contributed by atoms with E-state index in [2.05, 4.69) is 10.6 Å². The maximum absolute atomic E-state index is 12.2. The summed E-state index contributed by atoms with van der Waals surface area (Å²) in [7, 11) is 3.03. The fourth-order valence-corrected chi connectivity index (χ4v) is 1.95. The van der Waals surface area contributed by atoms with Crippen LogP contribution in [-0.4, -0.2) is 25.2 Å². The van der Waals surface area contributed by atoms with Crippen LogP contribution in [0.5, 0.6) is 11.5 Å². The maximum Gasteiger partial charge on any atom is 0.261 e. The average molecular weight is 320 g/mol. The molecule has 0 radical (unpaired) electrons. The lowest BCUT2D eigenvalue weighted by molar-refractivity contribution is 0.0973. The fourth-order valence-electron chi connectivity index (χ4n) is 1.78. The molecule has 1 aromatic carbocycles. The Balaban J connectivity index is 1.97. The Bertz CT molecular complexity index is 656. The number of thiocarbonyl (C=S) groups is 1. The zero-order valence-corrected chi connectivity index (χ0v) is 13.0. The largest absolute Gasteiger partial charge is 0.497 e. The minimum absolute atomic E-state index is 0.208. The Morgan fingerprint density at radius 2 is 2.09 bits per heavy atom. The highest BCUT2D eigenvalue weighted by Gasteiger charge is 2.14. The third kappa shape index (κ3) is 3.98. The summed E-state index contributed by atoms with van der Waals surface area (Å²) >= 11 is 5.08. The van der Waals surface area contributed by atoms with Crippen LogP contribution in [0.1, 0.15) is 16.1 Å². The van der Waals surface area contributed by atoms with Crippen molar-refractivity contribution >= 4 is 23.2 Å². The van der Waals surface area contributed by atoms with Crippen molar-refractivity contribution in [2.45, 2.75) is 6.54 Å². The number of carbonyl (C=O) groups excluding carboxylic acids is 1. The van der Waals surface area contributed by atoms with E-state index in [1.165, 1.54) is 7.11 Å². The van der Waals surface area contributed by atoms with Crippen LogP contribution < -0.4 is 20.1 Å². The van der Waals surface area contributed by atoms with Gasteiger partial charge in [0, 0.05) is 6.07 Å². The first-order valence-corrected chi connectivity index (χ1v) is 6.88. The Morgan fingerprint density at radius 1 is 1.27 bits per heavy atom. The molecule has 2 rings (SSSR count). The molecule has 0 saturated carbocycles. The summed E-state index contributed by atoms with van der Waals surface area (Å²) in [6.45, 7) is 0.395. The van der Waals surface area contributed by atoms with Gasteiger partial charge in [0.05, 0.1) is 32.6 Å². The highest BCUT2D eigenvalue weighted by molar-refractivity contribution is 7.80. The summed E-state index contributed by atoms with van der Waals surface area (Å²) in [5.74, 6) is 1.37. The average Bonchev–Trinajstić information content (AvgIpc) is 3.05. The SMILES string of the molecule is COc1ccc(C(=O)NC(=S)NCc2ccco2)c(OC)c1. The number of hydrogen-bond donors (Lipinski definition) is 2. The third-order valence-corrected chi connectivity index (χ3v) is 3.13.